The summed E-state index contributed by atoms with van der Waals surface area (Å²) in [6.45, 7) is 0. The number of imidazole rings is 1. The van der Waals surface area contributed by atoms with Crippen LogP contribution in [0.1, 0.15) is 5.56 Å². The molecule has 3 rings (SSSR count). The Kier molecular flexibility index (Phi) is 2.84. The summed E-state index contributed by atoms with van der Waals surface area (Å²) >= 11 is 3.55. The number of hydrogen-bond acceptors (Lipinski definition) is 2. The Labute approximate surface area is 119 Å². The smallest absolute Gasteiger partial charge is 0.142 e. The molecule has 0 N–H and O–H groups in total. The molecule has 3 nitrogen and oxygen atoms in total. The number of nitriles is 1. The third-order valence-corrected chi connectivity index (χ3v) is 3.82. The Bertz CT molecular complexity index is 812. The van der Waals surface area contributed by atoms with Gasteiger partial charge in [-0.2, -0.15) is 5.26 Å². The summed E-state index contributed by atoms with van der Waals surface area (Å²) in [6.07, 6.45) is 0. The minimum atomic E-state index is 0.629. The van der Waals surface area contributed by atoms with Crippen LogP contribution in [0.25, 0.3) is 22.4 Å². The van der Waals surface area contributed by atoms with E-state index in [9.17, 15) is 0 Å². The summed E-state index contributed by atoms with van der Waals surface area (Å²) < 4.78 is 3.05. The molecule has 0 amide bonds. The fraction of sp³-hybridized carbons (Fsp3) is 0.0667. The maximum absolute atomic E-state index is 8.94. The highest BCUT2D eigenvalue weighted by Gasteiger charge is 2.12. The predicted molar refractivity (Wildman–Crippen MR) is 78.6 cm³/mol. The molecule has 0 aliphatic carbocycles. The number of aromatic nitrogens is 2. The molecule has 0 radical (unpaired) electrons. The number of fused-ring (bicyclic) bond motifs is 1. The van der Waals surface area contributed by atoms with Crippen LogP contribution < -0.4 is 0 Å². The molecule has 0 unspecified atom stereocenters. The van der Waals surface area contributed by atoms with Crippen LogP contribution in [0.2, 0.25) is 0 Å². The van der Waals surface area contributed by atoms with Crippen molar-refractivity contribution >= 4 is 27.0 Å². The fourth-order valence-corrected chi connectivity index (χ4v) is 2.61. The lowest BCUT2D eigenvalue weighted by molar-refractivity contribution is 0.958. The predicted octanol–water partition coefficient (Wildman–Crippen LogP) is 3.87. The van der Waals surface area contributed by atoms with Gasteiger partial charge in [0.15, 0.2) is 0 Å². The Morgan fingerprint density at radius 2 is 2.00 bits per heavy atom. The molecule has 0 aliphatic rings. The van der Waals surface area contributed by atoms with E-state index in [1.807, 2.05) is 54.1 Å². The highest BCUT2D eigenvalue weighted by atomic mass is 79.9. The minimum Gasteiger partial charge on any atom is -0.327 e. The monoisotopic (exact) mass is 311 g/mol. The molecule has 3 aromatic rings. The maximum Gasteiger partial charge on any atom is 0.142 e. The second kappa shape index (κ2) is 4.52. The summed E-state index contributed by atoms with van der Waals surface area (Å²) in [7, 11) is 1.98. The quantitative estimate of drug-likeness (QED) is 0.684. The van der Waals surface area contributed by atoms with Crippen molar-refractivity contribution in [2.75, 3.05) is 0 Å². The highest BCUT2D eigenvalue weighted by molar-refractivity contribution is 9.10. The molecule has 92 valence electrons. The van der Waals surface area contributed by atoms with Crippen LogP contribution in [0.4, 0.5) is 0 Å². The van der Waals surface area contributed by atoms with Gasteiger partial charge in [0.2, 0.25) is 0 Å². The van der Waals surface area contributed by atoms with Crippen molar-refractivity contribution in [3.8, 4) is 17.5 Å². The molecule has 0 saturated heterocycles. The van der Waals surface area contributed by atoms with Gasteiger partial charge >= 0.3 is 0 Å². The lowest BCUT2D eigenvalue weighted by atomic mass is 10.2. The molecule has 1 aromatic heterocycles. The van der Waals surface area contributed by atoms with E-state index in [1.54, 1.807) is 0 Å². The van der Waals surface area contributed by atoms with Gasteiger partial charge in [-0.1, -0.05) is 34.1 Å². The summed E-state index contributed by atoms with van der Waals surface area (Å²) in [4.78, 5) is 4.63. The average Bonchev–Trinajstić information content (AvgIpc) is 2.76. The lowest BCUT2D eigenvalue weighted by Gasteiger charge is -2.04. The topological polar surface area (TPSA) is 41.6 Å². The first-order chi connectivity index (χ1) is 9.20. The summed E-state index contributed by atoms with van der Waals surface area (Å²) in [5, 5.41) is 8.94. The van der Waals surface area contributed by atoms with Gasteiger partial charge in [0, 0.05) is 17.1 Å². The van der Waals surface area contributed by atoms with E-state index >= 15 is 0 Å². The largest absolute Gasteiger partial charge is 0.327 e. The van der Waals surface area contributed by atoms with Gasteiger partial charge in [-0.05, 0) is 24.3 Å². The van der Waals surface area contributed by atoms with Crippen LogP contribution in [-0.4, -0.2) is 9.55 Å². The Balaban J connectivity index is 2.29. The number of aryl methyl sites for hydroxylation is 1. The average molecular weight is 312 g/mol. The number of halogens is 1. The molecule has 2 aromatic carbocycles. The summed E-state index contributed by atoms with van der Waals surface area (Å²) in [5.74, 6) is 0.887. The van der Waals surface area contributed by atoms with Gasteiger partial charge in [0.05, 0.1) is 22.7 Å². The fourth-order valence-electron chi connectivity index (χ4n) is 2.15. The first kappa shape index (κ1) is 11.9. The third-order valence-electron chi connectivity index (χ3n) is 3.12. The van der Waals surface area contributed by atoms with Crippen molar-refractivity contribution in [1.82, 2.24) is 9.55 Å². The first-order valence-corrected chi connectivity index (χ1v) is 6.61. The van der Waals surface area contributed by atoms with Crippen molar-refractivity contribution in [1.29, 1.82) is 5.26 Å². The molecule has 0 bridgehead atoms. The van der Waals surface area contributed by atoms with Crippen molar-refractivity contribution in [3.63, 3.8) is 0 Å². The second-order valence-electron chi connectivity index (χ2n) is 4.29. The maximum atomic E-state index is 8.94. The van der Waals surface area contributed by atoms with E-state index < -0.39 is 0 Å². The number of hydrogen-bond donors (Lipinski definition) is 0. The molecule has 19 heavy (non-hydrogen) atoms. The molecule has 0 aliphatic heterocycles. The third kappa shape index (κ3) is 1.92. The molecule has 4 heteroatoms. The number of nitrogens with zero attached hydrogens (tertiary/aromatic N) is 3. The molecule has 0 saturated carbocycles. The number of rotatable bonds is 1. The molecular formula is C15H10BrN3. The van der Waals surface area contributed by atoms with E-state index in [4.69, 9.17) is 5.26 Å². The van der Waals surface area contributed by atoms with E-state index in [0.717, 1.165) is 26.9 Å². The molecule has 1 heterocycles. The molecule has 0 atom stereocenters. The lowest BCUT2D eigenvalue weighted by Crippen LogP contribution is -1.92. The van der Waals surface area contributed by atoms with E-state index in [-0.39, 0.29) is 0 Å². The normalized spacial score (nSPS) is 10.6. The van der Waals surface area contributed by atoms with Gasteiger partial charge in [-0.15, -0.1) is 0 Å². The molecular weight excluding hydrogens is 302 g/mol. The Hall–Kier alpha value is -2.12. The zero-order valence-corrected chi connectivity index (χ0v) is 11.8. The van der Waals surface area contributed by atoms with Crippen LogP contribution in [0.15, 0.2) is 46.9 Å². The van der Waals surface area contributed by atoms with Gasteiger partial charge in [-0.3, -0.25) is 0 Å². The SMILES string of the molecule is Cn1c(-c2ccccc2Br)nc2cc(C#N)ccc21. The zero-order valence-electron chi connectivity index (χ0n) is 10.3. The first-order valence-electron chi connectivity index (χ1n) is 5.82. The summed E-state index contributed by atoms with van der Waals surface area (Å²) in [6, 6.07) is 15.7. The van der Waals surface area contributed by atoms with Crippen molar-refractivity contribution in [2.45, 2.75) is 0 Å². The summed E-state index contributed by atoms with van der Waals surface area (Å²) in [5.41, 5.74) is 3.53. The van der Waals surface area contributed by atoms with Gasteiger partial charge in [0.25, 0.3) is 0 Å². The zero-order chi connectivity index (χ0) is 13.4. The second-order valence-corrected chi connectivity index (χ2v) is 5.14. The van der Waals surface area contributed by atoms with E-state index in [2.05, 4.69) is 27.0 Å². The number of benzene rings is 2. The Morgan fingerprint density at radius 3 is 2.74 bits per heavy atom. The van der Waals surface area contributed by atoms with Crippen molar-refractivity contribution in [3.05, 3.63) is 52.5 Å². The van der Waals surface area contributed by atoms with Crippen LogP contribution in [0, 0.1) is 11.3 Å². The molecule has 0 fully saturated rings. The van der Waals surface area contributed by atoms with E-state index in [0.29, 0.717) is 5.56 Å². The van der Waals surface area contributed by atoms with Crippen LogP contribution in [0.3, 0.4) is 0 Å². The standard InChI is InChI=1S/C15H10BrN3/c1-19-14-7-6-10(9-17)8-13(14)18-15(19)11-4-2-3-5-12(11)16/h2-8H,1H3. The van der Waals surface area contributed by atoms with Gasteiger partial charge in [-0.25, -0.2) is 4.98 Å². The van der Waals surface area contributed by atoms with Crippen molar-refractivity contribution < 1.29 is 0 Å². The van der Waals surface area contributed by atoms with Gasteiger partial charge in [0.1, 0.15) is 5.82 Å². The van der Waals surface area contributed by atoms with E-state index in [1.165, 1.54) is 0 Å². The Morgan fingerprint density at radius 1 is 1.21 bits per heavy atom. The van der Waals surface area contributed by atoms with Crippen LogP contribution >= 0.6 is 15.9 Å². The van der Waals surface area contributed by atoms with Gasteiger partial charge < -0.3 is 4.57 Å². The van der Waals surface area contributed by atoms with Crippen molar-refractivity contribution in [2.24, 2.45) is 7.05 Å². The van der Waals surface area contributed by atoms with Crippen LogP contribution in [0.5, 0.6) is 0 Å². The van der Waals surface area contributed by atoms with Crippen LogP contribution in [-0.2, 0) is 7.05 Å². The molecule has 0 spiro atoms. The minimum absolute atomic E-state index is 0.629. The highest BCUT2D eigenvalue weighted by Crippen LogP contribution is 2.29.